The molecule has 2 aromatic rings. The largest absolute Gasteiger partial charge is 0.280 e. The molecule has 7 nitrogen and oxygen atoms in total. The van der Waals surface area contributed by atoms with Crippen LogP contribution >= 0.6 is 0 Å². The summed E-state index contributed by atoms with van der Waals surface area (Å²) in [4.78, 5) is 3.82. The molecule has 1 heterocycles. The van der Waals surface area contributed by atoms with Crippen molar-refractivity contribution >= 4 is 25.7 Å². The molecule has 140 valence electrons. The van der Waals surface area contributed by atoms with Gasteiger partial charge in [-0.25, -0.2) is 16.8 Å². The molecular formula is C17H21N3O4S2. The van der Waals surface area contributed by atoms with Crippen LogP contribution < -0.4 is 4.72 Å². The quantitative estimate of drug-likeness (QED) is 0.693. The van der Waals surface area contributed by atoms with Crippen molar-refractivity contribution in [1.82, 2.24) is 9.29 Å². The van der Waals surface area contributed by atoms with Crippen molar-refractivity contribution in [1.29, 1.82) is 0 Å². The van der Waals surface area contributed by atoms with Gasteiger partial charge in [-0.15, -0.1) is 0 Å². The topological polar surface area (TPSA) is 96.4 Å². The summed E-state index contributed by atoms with van der Waals surface area (Å²) >= 11 is 0. The molecule has 1 aromatic heterocycles. The predicted octanol–water partition coefficient (Wildman–Crippen LogP) is 2.47. The fourth-order valence-corrected chi connectivity index (χ4v) is 4.81. The molecule has 0 spiro atoms. The standard InChI is InChI=1S/C17H21N3O4S2/c1-4-20(13-14(2)3)26(23,24)17-7-5-16(6-8-17)25(21,22)19-15-9-11-18-12-10-15/h5-12H,2,4,13H2,1,3H3,(H,18,19). The Morgan fingerprint density at radius 2 is 1.58 bits per heavy atom. The van der Waals surface area contributed by atoms with Gasteiger partial charge in [-0.3, -0.25) is 9.71 Å². The molecule has 1 N–H and O–H groups in total. The van der Waals surface area contributed by atoms with E-state index in [-0.39, 0.29) is 16.3 Å². The fourth-order valence-electron chi connectivity index (χ4n) is 2.24. The predicted molar refractivity (Wildman–Crippen MR) is 101 cm³/mol. The molecule has 0 aliphatic carbocycles. The number of benzene rings is 1. The summed E-state index contributed by atoms with van der Waals surface area (Å²) in [5, 5.41) is 0. The molecular weight excluding hydrogens is 374 g/mol. The van der Waals surface area contributed by atoms with E-state index >= 15 is 0 Å². The second-order valence-corrected chi connectivity index (χ2v) is 9.32. The van der Waals surface area contributed by atoms with Crippen molar-refractivity contribution in [3.05, 3.63) is 60.9 Å². The molecule has 26 heavy (non-hydrogen) atoms. The Labute approximate surface area is 154 Å². The van der Waals surface area contributed by atoms with E-state index in [1.807, 2.05) is 0 Å². The number of anilines is 1. The van der Waals surface area contributed by atoms with Gasteiger partial charge < -0.3 is 0 Å². The molecule has 0 fully saturated rings. The van der Waals surface area contributed by atoms with E-state index in [0.29, 0.717) is 12.2 Å². The maximum absolute atomic E-state index is 12.7. The second kappa shape index (κ2) is 7.98. The smallest absolute Gasteiger partial charge is 0.261 e. The molecule has 0 unspecified atom stereocenters. The lowest BCUT2D eigenvalue weighted by molar-refractivity contribution is 0.453. The van der Waals surface area contributed by atoms with E-state index in [1.165, 1.54) is 53.1 Å². The normalized spacial score (nSPS) is 12.1. The summed E-state index contributed by atoms with van der Waals surface area (Å²) in [7, 11) is -7.54. The van der Waals surface area contributed by atoms with Crippen LogP contribution in [0.25, 0.3) is 0 Å². The van der Waals surface area contributed by atoms with E-state index in [4.69, 9.17) is 0 Å². The molecule has 9 heteroatoms. The van der Waals surface area contributed by atoms with Crippen LogP contribution in [-0.2, 0) is 20.0 Å². The van der Waals surface area contributed by atoms with Gasteiger partial charge in [-0.05, 0) is 43.3 Å². The van der Waals surface area contributed by atoms with Gasteiger partial charge in [0.1, 0.15) is 0 Å². The highest BCUT2D eigenvalue weighted by molar-refractivity contribution is 7.92. The Morgan fingerprint density at radius 1 is 1.04 bits per heavy atom. The average molecular weight is 396 g/mol. The van der Waals surface area contributed by atoms with Gasteiger partial charge in [0.15, 0.2) is 0 Å². The van der Waals surface area contributed by atoms with Crippen molar-refractivity contribution < 1.29 is 16.8 Å². The van der Waals surface area contributed by atoms with Gasteiger partial charge in [0.2, 0.25) is 10.0 Å². The average Bonchev–Trinajstić information content (AvgIpc) is 2.60. The first kappa shape index (κ1) is 20.1. The number of hydrogen-bond donors (Lipinski definition) is 1. The number of nitrogens with one attached hydrogen (secondary N) is 1. The van der Waals surface area contributed by atoms with Crippen molar-refractivity contribution in [2.45, 2.75) is 23.6 Å². The first-order valence-electron chi connectivity index (χ1n) is 7.84. The fraction of sp³-hybridized carbons (Fsp3) is 0.235. The second-order valence-electron chi connectivity index (χ2n) is 5.70. The number of pyridine rings is 1. The highest BCUT2D eigenvalue weighted by Gasteiger charge is 2.24. The minimum absolute atomic E-state index is 0.0310. The van der Waals surface area contributed by atoms with Crippen LogP contribution in [0.2, 0.25) is 0 Å². The summed E-state index contributed by atoms with van der Waals surface area (Å²) in [5.74, 6) is 0. The van der Waals surface area contributed by atoms with Crippen LogP contribution in [0.1, 0.15) is 13.8 Å². The third kappa shape index (κ3) is 4.69. The number of likely N-dealkylation sites (N-methyl/N-ethyl adjacent to an activating group) is 1. The first-order valence-corrected chi connectivity index (χ1v) is 10.8. The maximum atomic E-state index is 12.7. The Kier molecular flexibility index (Phi) is 6.17. The van der Waals surface area contributed by atoms with Crippen LogP contribution in [0.3, 0.4) is 0 Å². The van der Waals surface area contributed by atoms with Crippen molar-refractivity contribution in [2.75, 3.05) is 17.8 Å². The summed E-state index contributed by atoms with van der Waals surface area (Å²) in [5.41, 5.74) is 1.09. The highest BCUT2D eigenvalue weighted by Crippen LogP contribution is 2.21. The van der Waals surface area contributed by atoms with Crippen LogP contribution in [0.4, 0.5) is 5.69 Å². The number of nitrogens with zero attached hydrogens (tertiary/aromatic N) is 2. The van der Waals surface area contributed by atoms with Gasteiger partial charge in [0.05, 0.1) is 15.5 Å². The third-order valence-corrected chi connectivity index (χ3v) is 6.84. The summed E-state index contributed by atoms with van der Waals surface area (Å²) < 4.78 is 53.8. The molecule has 0 bridgehead atoms. The number of rotatable bonds is 8. The SMILES string of the molecule is C=C(C)CN(CC)S(=O)(=O)c1ccc(S(=O)(=O)Nc2ccncc2)cc1. The van der Waals surface area contributed by atoms with E-state index < -0.39 is 20.0 Å². The molecule has 0 atom stereocenters. The summed E-state index contributed by atoms with van der Waals surface area (Å²) in [6.45, 7) is 7.72. The van der Waals surface area contributed by atoms with Crippen LogP contribution in [-0.4, -0.2) is 39.2 Å². The van der Waals surface area contributed by atoms with Crippen molar-refractivity contribution in [2.24, 2.45) is 0 Å². The van der Waals surface area contributed by atoms with Crippen LogP contribution in [0, 0.1) is 0 Å². The number of hydrogen-bond acceptors (Lipinski definition) is 5. The minimum atomic E-state index is -3.82. The van der Waals surface area contributed by atoms with Crippen LogP contribution in [0.15, 0.2) is 70.7 Å². The third-order valence-electron chi connectivity index (χ3n) is 3.50. The molecule has 0 saturated carbocycles. The first-order chi connectivity index (χ1) is 12.2. The van der Waals surface area contributed by atoms with Crippen LogP contribution in [0.5, 0.6) is 0 Å². The number of aromatic nitrogens is 1. The Hall–Kier alpha value is -2.23. The number of sulfonamides is 2. The van der Waals surface area contributed by atoms with Gasteiger partial charge in [-0.1, -0.05) is 19.1 Å². The van der Waals surface area contributed by atoms with Gasteiger partial charge in [-0.2, -0.15) is 4.31 Å². The monoisotopic (exact) mass is 395 g/mol. The molecule has 0 aliphatic heterocycles. The zero-order chi connectivity index (χ0) is 19.4. The van der Waals surface area contributed by atoms with E-state index in [1.54, 1.807) is 13.8 Å². The highest BCUT2D eigenvalue weighted by atomic mass is 32.2. The van der Waals surface area contributed by atoms with Crippen molar-refractivity contribution in [3.63, 3.8) is 0 Å². The van der Waals surface area contributed by atoms with Gasteiger partial charge >= 0.3 is 0 Å². The Morgan fingerprint density at radius 3 is 2.08 bits per heavy atom. The Balaban J connectivity index is 2.28. The maximum Gasteiger partial charge on any atom is 0.261 e. The molecule has 0 radical (unpaired) electrons. The zero-order valence-corrected chi connectivity index (χ0v) is 16.2. The minimum Gasteiger partial charge on any atom is -0.280 e. The zero-order valence-electron chi connectivity index (χ0n) is 14.6. The molecule has 1 aromatic carbocycles. The lowest BCUT2D eigenvalue weighted by Crippen LogP contribution is -2.32. The molecule has 0 saturated heterocycles. The van der Waals surface area contributed by atoms with Gasteiger partial charge in [0.25, 0.3) is 10.0 Å². The van der Waals surface area contributed by atoms with E-state index in [2.05, 4.69) is 16.3 Å². The molecule has 0 amide bonds. The molecule has 2 rings (SSSR count). The van der Waals surface area contributed by atoms with E-state index in [9.17, 15) is 16.8 Å². The van der Waals surface area contributed by atoms with Gasteiger partial charge in [0, 0.05) is 25.5 Å². The lowest BCUT2D eigenvalue weighted by atomic mass is 10.3. The van der Waals surface area contributed by atoms with E-state index in [0.717, 1.165) is 5.57 Å². The summed E-state index contributed by atoms with van der Waals surface area (Å²) in [6, 6.07) is 8.16. The summed E-state index contributed by atoms with van der Waals surface area (Å²) in [6.07, 6.45) is 2.93. The Bertz CT molecular complexity index is 970. The lowest BCUT2D eigenvalue weighted by Gasteiger charge is -2.20. The molecule has 0 aliphatic rings. The van der Waals surface area contributed by atoms with Crippen molar-refractivity contribution in [3.8, 4) is 0 Å².